The standard InChI is InChI=1S/C19H16BrNO/c1-13-3-12-19(16-4-8-17(20)9-5-16)21(13)18-10-6-15(7-11-18)14(2)22/h3-12H,1-2H3. The van der Waals surface area contributed by atoms with E-state index in [1.807, 2.05) is 36.4 Å². The fourth-order valence-corrected chi connectivity index (χ4v) is 2.84. The molecule has 3 rings (SSSR count). The number of halogens is 1. The van der Waals surface area contributed by atoms with Crippen molar-refractivity contribution < 1.29 is 4.79 Å². The molecule has 0 N–H and O–H groups in total. The summed E-state index contributed by atoms with van der Waals surface area (Å²) in [6.45, 7) is 3.67. The van der Waals surface area contributed by atoms with Crippen molar-refractivity contribution in [2.75, 3.05) is 0 Å². The number of ketones is 1. The van der Waals surface area contributed by atoms with Gasteiger partial charge in [0.15, 0.2) is 5.78 Å². The number of hydrogen-bond donors (Lipinski definition) is 0. The van der Waals surface area contributed by atoms with Crippen molar-refractivity contribution in [1.82, 2.24) is 4.57 Å². The van der Waals surface area contributed by atoms with Gasteiger partial charge >= 0.3 is 0 Å². The normalized spacial score (nSPS) is 10.7. The van der Waals surface area contributed by atoms with Gasteiger partial charge in [-0.3, -0.25) is 4.79 Å². The number of hydrogen-bond acceptors (Lipinski definition) is 1. The minimum atomic E-state index is 0.0870. The second kappa shape index (κ2) is 5.93. The van der Waals surface area contributed by atoms with E-state index in [2.05, 4.69) is 51.7 Å². The van der Waals surface area contributed by atoms with E-state index in [0.717, 1.165) is 32.7 Å². The third-order valence-electron chi connectivity index (χ3n) is 3.75. The number of carbonyl (C=O) groups is 1. The summed E-state index contributed by atoms with van der Waals surface area (Å²) in [5, 5.41) is 0. The number of rotatable bonds is 3. The molecular weight excluding hydrogens is 338 g/mol. The van der Waals surface area contributed by atoms with Crippen molar-refractivity contribution in [2.45, 2.75) is 13.8 Å². The van der Waals surface area contributed by atoms with Gasteiger partial charge in [0.2, 0.25) is 0 Å². The minimum absolute atomic E-state index is 0.0870. The average molecular weight is 354 g/mol. The molecule has 0 aliphatic rings. The highest BCUT2D eigenvalue weighted by molar-refractivity contribution is 9.10. The first kappa shape index (κ1) is 14.8. The number of carbonyl (C=O) groups excluding carboxylic acids is 1. The largest absolute Gasteiger partial charge is 0.314 e. The van der Waals surface area contributed by atoms with Gasteiger partial charge < -0.3 is 4.57 Å². The summed E-state index contributed by atoms with van der Waals surface area (Å²) in [5.41, 5.74) is 5.25. The van der Waals surface area contributed by atoms with E-state index < -0.39 is 0 Å². The average Bonchev–Trinajstić information content (AvgIpc) is 2.90. The zero-order chi connectivity index (χ0) is 15.7. The second-order valence-corrected chi connectivity index (χ2v) is 6.22. The van der Waals surface area contributed by atoms with E-state index >= 15 is 0 Å². The number of aromatic nitrogens is 1. The first-order chi connectivity index (χ1) is 10.6. The first-order valence-electron chi connectivity index (χ1n) is 7.12. The molecule has 0 saturated carbocycles. The highest BCUT2D eigenvalue weighted by Crippen LogP contribution is 2.27. The topological polar surface area (TPSA) is 22.0 Å². The summed E-state index contributed by atoms with van der Waals surface area (Å²) in [6, 6.07) is 20.2. The maximum Gasteiger partial charge on any atom is 0.159 e. The summed E-state index contributed by atoms with van der Waals surface area (Å²) in [7, 11) is 0. The number of nitrogens with zero attached hydrogens (tertiary/aromatic N) is 1. The van der Waals surface area contributed by atoms with Gasteiger partial charge in [0.05, 0.1) is 5.69 Å². The quantitative estimate of drug-likeness (QED) is 0.576. The van der Waals surface area contributed by atoms with Crippen LogP contribution in [0.25, 0.3) is 16.9 Å². The van der Waals surface area contributed by atoms with Crippen molar-refractivity contribution >= 4 is 21.7 Å². The van der Waals surface area contributed by atoms with Crippen LogP contribution in [0.2, 0.25) is 0 Å². The molecule has 3 heteroatoms. The molecule has 0 aliphatic carbocycles. The van der Waals surface area contributed by atoms with Gasteiger partial charge in [-0.05, 0) is 67.9 Å². The summed E-state index contributed by atoms with van der Waals surface area (Å²) < 4.78 is 3.27. The Kier molecular flexibility index (Phi) is 3.99. The Labute approximate surface area is 138 Å². The van der Waals surface area contributed by atoms with Crippen LogP contribution in [-0.4, -0.2) is 10.4 Å². The Bertz CT molecular complexity index is 814. The monoisotopic (exact) mass is 353 g/mol. The Hall–Kier alpha value is -2.13. The molecule has 0 bridgehead atoms. The molecule has 2 nitrogen and oxygen atoms in total. The first-order valence-corrected chi connectivity index (χ1v) is 7.91. The highest BCUT2D eigenvalue weighted by Gasteiger charge is 2.10. The number of aryl methyl sites for hydroxylation is 1. The molecule has 0 radical (unpaired) electrons. The van der Waals surface area contributed by atoms with Crippen LogP contribution >= 0.6 is 15.9 Å². The second-order valence-electron chi connectivity index (χ2n) is 5.31. The third kappa shape index (κ3) is 2.77. The molecule has 0 aliphatic heterocycles. The van der Waals surface area contributed by atoms with Gasteiger partial charge in [0.25, 0.3) is 0 Å². The molecule has 0 amide bonds. The van der Waals surface area contributed by atoms with Crippen molar-refractivity contribution in [3.63, 3.8) is 0 Å². The van der Waals surface area contributed by atoms with Crippen LogP contribution < -0.4 is 0 Å². The summed E-state index contributed by atoms with van der Waals surface area (Å²) in [4.78, 5) is 11.4. The lowest BCUT2D eigenvalue weighted by Crippen LogP contribution is -2.00. The Morgan fingerprint density at radius 2 is 1.55 bits per heavy atom. The van der Waals surface area contributed by atoms with Gasteiger partial charge in [0, 0.05) is 21.4 Å². The lowest BCUT2D eigenvalue weighted by atomic mass is 10.1. The number of Topliss-reactive ketones (excluding diaryl/α,β-unsaturated/α-hetero) is 1. The van der Waals surface area contributed by atoms with Crippen LogP contribution in [0.4, 0.5) is 0 Å². The highest BCUT2D eigenvalue weighted by atomic mass is 79.9. The van der Waals surface area contributed by atoms with E-state index in [1.165, 1.54) is 0 Å². The van der Waals surface area contributed by atoms with E-state index in [0.29, 0.717) is 0 Å². The van der Waals surface area contributed by atoms with Gasteiger partial charge in [-0.15, -0.1) is 0 Å². The van der Waals surface area contributed by atoms with Crippen molar-refractivity contribution in [2.24, 2.45) is 0 Å². The lowest BCUT2D eigenvalue weighted by Gasteiger charge is -2.12. The Morgan fingerprint density at radius 3 is 2.14 bits per heavy atom. The van der Waals surface area contributed by atoms with E-state index in [4.69, 9.17) is 0 Å². The number of benzene rings is 2. The molecular formula is C19H16BrNO. The zero-order valence-electron chi connectivity index (χ0n) is 12.5. The van der Waals surface area contributed by atoms with Gasteiger partial charge in [-0.25, -0.2) is 0 Å². The zero-order valence-corrected chi connectivity index (χ0v) is 14.1. The fourth-order valence-electron chi connectivity index (χ4n) is 2.57. The van der Waals surface area contributed by atoms with Gasteiger partial charge in [-0.1, -0.05) is 28.1 Å². The van der Waals surface area contributed by atoms with Crippen LogP contribution in [0.3, 0.4) is 0 Å². The smallest absolute Gasteiger partial charge is 0.159 e. The van der Waals surface area contributed by atoms with Crippen LogP contribution in [-0.2, 0) is 0 Å². The minimum Gasteiger partial charge on any atom is -0.314 e. The van der Waals surface area contributed by atoms with E-state index in [1.54, 1.807) is 6.92 Å². The van der Waals surface area contributed by atoms with Crippen LogP contribution in [0.5, 0.6) is 0 Å². The molecule has 22 heavy (non-hydrogen) atoms. The molecule has 1 heterocycles. The van der Waals surface area contributed by atoms with Crippen LogP contribution in [0.1, 0.15) is 23.0 Å². The van der Waals surface area contributed by atoms with Crippen molar-refractivity contribution in [1.29, 1.82) is 0 Å². The van der Waals surface area contributed by atoms with Crippen LogP contribution in [0, 0.1) is 6.92 Å². The van der Waals surface area contributed by atoms with Gasteiger partial charge in [0.1, 0.15) is 0 Å². The van der Waals surface area contributed by atoms with E-state index in [-0.39, 0.29) is 5.78 Å². The maximum absolute atomic E-state index is 11.4. The molecule has 0 spiro atoms. The SMILES string of the molecule is CC(=O)c1ccc(-n2c(C)ccc2-c2ccc(Br)cc2)cc1. The Balaban J connectivity index is 2.09. The molecule has 3 aromatic rings. The lowest BCUT2D eigenvalue weighted by molar-refractivity contribution is 0.101. The Morgan fingerprint density at radius 1 is 0.909 bits per heavy atom. The van der Waals surface area contributed by atoms with Crippen LogP contribution in [0.15, 0.2) is 65.1 Å². The van der Waals surface area contributed by atoms with Gasteiger partial charge in [-0.2, -0.15) is 0 Å². The molecule has 0 atom stereocenters. The summed E-state index contributed by atoms with van der Waals surface area (Å²) in [6.07, 6.45) is 0. The summed E-state index contributed by atoms with van der Waals surface area (Å²) >= 11 is 3.47. The summed E-state index contributed by atoms with van der Waals surface area (Å²) in [5.74, 6) is 0.0870. The molecule has 0 unspecified atom stereocenters. The predicted octanol–water partition coefficient (Wildman–Crippen LogP) is 5.42. The van der Waals surface area contributed by atoms with Crippen molar-refractivity contribution in [3.05, 3.63) is 76.4 Å². The maximum atomic E-state index is 11.4. The molecule has 0 saturated heterocycles. The van der Waals surface area contributed by atoms with Crippen molar-refractivity contribution in [3.8, 4) is 16.9 Å². The predicted molar refractivity (Wildman–Crippen MR) is 93.6 cm³/mol. The third-order valence-corrected chi connectivity index (χ3v) is 4.28. The molecule has 1 aromatic heterocycles. The fraction of sp³-hybridized carbons (Fsp3) is 0.105. The molecule has 2 aromatic carbocycles. The molecule has 110 valence electrons. The van der Waals surface area contributed by atoms with E-state index in [9.17, 15) is 4.79 Å². The molecule has 0 fully saturated rings.